The lowest BCUT2D eigenvalue weighted by atomic mass is 10.1. The SMILES string of the molecule is Cc1ccc(Cl)cc1N1C(=O)CCC1C(=O)O. The van der Waals surface area contributed by atoms with Gasteiger partial charge in [0.2, 0.25) is 5.91 Å². The number of halogens is 1. The molecule has 90 valence electrons. The number of anilines is 1. The van der Waals surface area contributed by atoms with Gasteiger partial charge in [0.1, 0.15) is 6.04 Å². The van der Waals surface area contributed by atoms with Gasteiger partial charge in [-0.15, -0.1) is 0 Å². The van der Waals surface area contributed by atoms with Crippen LogP contribution in [0.15, 0.2) is 18.2 Å². The van der Waals surface area contributed by atoms with E-state index >= 15 is 0 Å². The molecule has 1 N–H and O–H groups in total. The second-order valence-corrected chi connectivity index (χ2v) is 4.52. The zero-order valence-electron chi connectivity index (χ0n) is 9.31. The number of nitrogens with zero attached hydrogens (tertiary/aromatic N) is 1. The van der Waals surface area contributed by atoms with Gasteiger partial charge in [-0.1, -0.05) is 17.7 Å². The van der Waals surface area contributed by atoms with Gasteiger partial charge in [0.15, 0.2) is 0 Å². The van der Waals surface area contributed by atoms with Crippen LogP contribution in [0.4, 0.5) is 5.69 Å². The van der Waals surface area contributed by atoms with E-state index in [4.69, 9.17) is 16.7 Å². The first kappa shape index (κ1) is 11.9. The highest BCUT2D eigenvalue weighted by atomic mass is 35.5. The Kier molecular flexibility index (Phi) is 3.07. The molecule has 0 bridgehead atoms. The van der Waals surface area contributed by atoms with Crippen LogP contribution >= 0.6 is 11.6 Å². The number of hydrogen-bond donors (Lipinski definition) is 1. The van der Waals surface area contributed by atoms with E-state index in [0.717, 1.165) is 5.56 Å². The summed E-state index contributed by atoms with van der Waals surface area (Å²) in [5, 5.41) is 9.59. The van der Waals surface area contributed by atoms with Crippen molar-refractivity contribution in [3.05, 3.63) is 28.8 Å². The third kappa shape index (κ3) is 2.13. The average Bonchev–Trinajstić information content (AvgIpc) is 2.64. The number of benzene rings is 1. The van der Waals surface area contributed by atoms with Crippen LogP contribution in [0.25, 0.3) is 0 Å². The normalized spacial score (nSPS) is 19.8. The van der Waals surface area contributed by atoms with Gasteiger partial charge in [-0.05, 0) is 31.0 Å². The van der Waals surface area contributed by atoms with Crippen LogP contribution in [0.2, 0.25) is 5.02 Å². The maximum atomic E-state index is 11.8. The summed E-state index contributed by atoms with van der Waals surface area (Å²) in [5.74, 6) is -1.14. The zero-order valence-corrected chi connectivity index (χ0v) is 10.1. The van der Waals surface area contributed by atoms with Crippen molar-refractivity contribution in [2.24, 2.45) is 0 Å². The van der Waals surface area contributed by atoms with E-state index < -0.39 is 12.0 Å². The summed E-state index contributed by atoms with van der Waals surface area (Å²) in [5.41, 5.74) is 1.43. The number of carbonyl (C=O) groups is 2. The molecule has 4 nitrogen and oxygen atoms in total. The molecule has 0 saturated carbocycles. The molecule has 0 aliphatic carbocycles. The first-order chi connectivity index (χ1) is 8.00. The molecule has 1 unspecified atom stereocenters. The predicted molar refractivity (Wildman–Crippen MR) is 64.3 cm³/mol. The van der Waals surface area contributed by atoms with Crippen molar-refractivity contribution in [2.45, 2.75) is 25.8 Å². The Hall–Kier alpha value is -1.55. The molecule has 1 saturated heterocycles. The number of carbonyl (C=O) groups excluding carboxylic acids is 1. The van der Waals surface area contributed by atoms with Gasteiger partial charge in [-0.3, -0.25) is 9.69 Å². The Labute approximate surface area is 104 Å². The third-order valence-corrected chi connectivity index (χ3v) is 3.16. The highest BCUT2D eigenvalue weighted by molar-refractivity contribution is 6.31. The number of rotatable bonds is 2. The molecule has 1 aromatic carbocycles. The van der Waals surface area contributed by atoms with Gasteiger partial charge >= 0.3 is 5.97 Å². The van der Waals surface area contributed by atoms with Crippen molar-refractivity contribution in [2.75, 3.05) is 4.90 Å². The molecule has 0 radical (unpaired) electrons. The number of hydrogen-bond acceptors (Lipinski definition) is 2. The van der Waals surface area contributed by atoms with Crippen molar-refractivity contribution in [3.8, 4) is 0 Å². The highest BCUT2D eigenvalue weighted by Crippen LogP contribution is 2.31. The summed E-state index contributed by atoms with van der Waals surface area (Å²) in [6, 6.07) is 4.36. The van der Waals surface area contributed by atoms with Crippen molar-refractivity contribution in [1.82, 2.24) is 0 Å². The fourth-order valence-corrected chi connectivity index (χ4v) is 2.23. The van der Waals surface area contributed by atoms with E-state index in [2.05, 4.69) is 0 Å². The Morgan fingerprint density at radius 1 is 1.53 bits per heavy atom. The van der Waals surface area contributed by atoms with E-state index in [1.165, 1.54) is 4.90 Å². The van der Waals surface area contributed by atoms with Crippen molar-refractivity contribution in [3.63, 3.8) is 0 Å². The smallest absolute Gasteiger partial charge is 0.326 e. The molecule has 1 heterocycles. The number of aryl methyl sites for hydroxylation is 1. The van der Waals surface area contributed by atoms with Crippen molar-refractivity contribution < 1.29 is 14.7 Å². The topological polar surface area (TPSA) is 57.6 Å². The molecule has 1 atom stereocenters. The zero-order chi connectivity index (χ0) is 12.6. The number of carboxylic acids is 1. The standard InChI is InChI=1S/C12H12ClNO3/c1-7-2-3-8(13)6-10(7)14-9(12(16)17)4-5-11(14)15/h2-3,6,9H,4-5H2,1H3,(H,16,17). The average molecular weight is 254 g/mol. The van der Waals surface area contributed by atoms with Crippen LogP contribution in [0.5, 0.6) is 0 Å². The maximum Gasteiger partial charge on any atom is 0.326 e. The van der Waals surface area contributed by atoms with Gasteiger partial charge in [0, 0.05) is 17.1 Å². The van der Waals surface area contributed by atoms with E-state index in [1.807, 2.05) is 6.92 Å². The molecule has 17 heavy (non-hydrogen) atoms. The molecule has 0 aromatic heterocycles. The first-order valence-corrected chi connectivity index (χ1v) is 5.69. The van der Waals surface area contributed by atoms with Crippen LogP contribution in [-0.2, 0) is 9.59 Å². The molecule has 5 heteroatoms. The summed E-state index contributed by atoms with van der Waals surface area (Å²) in [6.07, 6.45) is 0.614. The van der Waals surface area contributed by atoms with Crippen molar-refractivity contribution >= 4 is 29.2 Å². The van der Waals surface area contributed by atoms with Gasteiger partial charge in [0.05, 0.1) is 0 Å². The molecular weight excluding hydrogens is 242 g/mol. The van der Waals surface area contributed by atoms with Crippen molar-refractivity contribution in [1.29, 1.82) is 0 Å². The quantitative estimate of drug-likeness (QED) is 0.879. The molecule has 1 aromatic rings. The van der Waals surface area contributed by atoms with E-state index in [1.54, 1.807) is 18.2 Å². The Morgan fingerprint density at radius 3 is 2.88 bits per heavy atom. The van der Waals surface area contributed by atoms with Gasteiger partial charge in [-0.25, -0.2) is 4.79 Å². The van der Waals surface area contributed by atoms with Crippen LogP contribution in [0, 0.1) is 6.92 Å². The lowest BCUT2D eigenvalue weighted by molar-refractivity contribution is -0.138. The number of aliphatic carboxylic acids is 1. The summed E-state index contributed by atoms with van der Waals surface area (Å²) in [4.78, 5) is 24.2. The van der Waals surface area contributed by atoms with Gasteiger partial charge in [0.25, 0.3) is 0 Å². The fourth-order valence-electron chi connectivity index (χ4n) is 2.06. The lowest BCUT2D eigenvalue weighted by Gasteiger charge is -2.23. The Bertz CT molecular complexity index is 487. The molecular formula is C12H12ClNO3. The molecule has 1 aliphatic heterocycles. The van der Waals surface area contributed by atoms with Crippen LogP contribution < -0.4 is 4.90 Å². The molecule has 1 aliphatic rings. The van der Waals surface area contributed by atoms with Crippen LogP contribution in [0.3, 0.4) is 0 Å². The summed E-state index contributed by atoms with van der Waals surface area (Å²) in [7, 11) is 0. The van der Waals surface area contributed by atoms with E-state index in [9.17, 15) is 9.59 Å². The minimum absolute atomic E-state index is 0.164. The van der Waals surface area contributed by atoms with Crippen LogP contribution in [0.1, 0.15) is 18.4 Å². The minimum Gasteiger partial charge on any atom is -0.480 e. The number of amides is 1. The number of carboxylic acid groups (broad SMARTS) is 1. The van der Waals surface area contributed by atoms with Crippen LogP contribution in [-0.4, -0.2) is 23.0 Å². The molecule has 1 fully saturated rings. The van der Waals surface area contributed by atoms with Gasteiger partial charge in [-0.2, -0.15) is 0 Å². The summed E-state index contributed by atoms with van der Waals surface area (Å²) >= 11 is 5.88. The fraction of sp³-hybridized carbons (Fsp3) is 0.333. The van der Waals surface area contributed by atoms with Gasteiger partial charge < -0.3 is 5.11 Å². The maximum absolute atomic E-state index is 11.8. The minimum atomic E-state index is -0.977. The summed E-state index contributed by atoms with van der Waals surface area (Å²) in [6.45, 7) is 1.83. The Morgan fingerprint density at radius 2 is 2.24 bits per heavy atom. The third-order valence-electron chi connectivity index (χ3n) is 2.93. The summed E-state index contributed by atoms with van der Waals surface area (Å²) < 4.78 is 0. The highest BCUT2D eigenvalue weighted by Gasteiger charge is 2.37. The first-order valence-electron chi connectivity index (χ1n) is 5.31. The second kappa shape index (κ2) is 4.37. The monoisotopic (exact) mass is 253 g/mol. The second-order valence-electron chi connectivity index (χ2n) is 4.09. The molecule has 2 rings (SSSR count). The Balaban J connectivity index is 2.46. The van der Waals surface area contributed by atoms with E-state index in [0.29, 0.717) is 17.1 Å². The largest absolute Gasteiger partial charge is 0.480 e. The predicted octanol–water partition coefficient (Wildman–Crippen LogP) is 2.23. The van der Waals surface area contributed by atoms with E-state index in [-0.39, 0.29) is 12.3 Å². The molecule has 0 spiro atoms. The molecule has 1 amide bonds. The lowest BCUT2D eigenvalue weighted by Crippen LogP contribution is -2.38.